The largest absolute Gasteiger partial charge is 0.481 e. The van der Waals surface area contributed by atoms with Gasteiger partial charge in [-0.15, -0.1) is 0 Å². The summed E-state index contributed by atoms with van der Waals surface area (Å²) in [6, 6.07) is 0. The Balaban J connectivity index is 2.59. The summed E-state index contributed by atoms with van der Waals surface area (Å²) in [5.74, 6) is -1.96. The fourth-order valence-electron chi connectivity index (χ4n) is 9.42. The predicted octanol–water partition coefficient (Wildman–Crippen LogP) is 7.78. The van der Waals surface area contributed by atoms with Crippen LogP contribution in [-0.2, 0) is 19.2 Å². The highest BCUT2D eigenvalue weighted by molar-refractivity contribution is 5.81. The molecule has 44 heavy (non-hydrogen) atoms. The van der Waals surface area contributed by atoms with Crippen molar-refractivity contribution in [3.63, 3.8) is 0 Å². The SMILES string of the molecule is CC(C)C(=O)N1C(C)(C)CC(C(CCCCCCCC(=O)O)(C(=O)O)C2CC(C)(C)N(C(=O)C(C)C)C(C)(C)C2)CC1(C)C. The smallest absolute Gasteiger partial charge is 0.310 e. The Morgan fingerprint density at radius 3 is 1.23 bits per heavy atom. The zero-order valence-electron chi connectivity index (χ0n) is 30.0. The standard InChI is InChI=1S/C36H64N2O6/c1-24(2)29(41)37-32(5,6)20-26(21-33(37,7)8)36(31(43)44,19-17-15-13-14-16-18-28(39)40)27-22-34(9,10)38(30(42)25(3)4)35(11,12)23-27/h24-27H,13-23H2,1-12H3,(H,39,40)(H,43,44). The number of carboxylic acids is 2. The Labute approximate surface area is 267 Å². The van der Waals surface area contributed by atoms with Crippen LogP contribution in [0.2, 0.25) is 0 Å². The van der Waals surface area contributed by atoms with E-state index in [2.05, 4.69) is 55.4 Å². The van der Waals surface area contributed by atoms with E-state index in [4.69, 9.17) is 5.11 Å². The number of carbonyl (C=O) groups excluding carboxylic acids is 2. The summed E-state index contributed by atoms with van der Waals surface area (Å²) < 4.78 is 0. The molecule has 2 N–H and O–H groups in total. The third-order valence-corrected chi connectivity index (χ3v) is 10.7. The summed E-state index contributed by atoms with van der Waals surface area (Å²) in [7, 11) is 0. The molecule has 0 aromatic heterocycles. The molecule has 0 bridgehead atoms. The van der Waals surface area contributed by atoms with Crippen LogP contribution in [0.15, 0.2) is 0 Å². The highest BCUT2D eigenvalue weighted by atomic mass is 16.4. The number of carbonyl (C=O) groups is 4. The lowest BCUT2D eigenvalue weighted by Crippen LogP contribution is -2.69. The molecular formula is C36H64N2O6. The number of hydrogen-bond acceptors (Lipinski definition) is 4. The molecule has 0 aliphatic carbocycles. The maximum atomic E-state index is 13.9. The summed E-state index contributed by atoms with van der Waals surface area (Å²) in [5.41, 5.74) is -3.12. The van der Waals surface area contributed by atoms with Crippen molar-refractivity contribution >= 4 is 23.8 Å². The van der Waals surface area contributed by atoms with Gasteiger partial charge in [-0.3, -0.25) is 19.2 Å². The van der Waals surface area contributed by atoms with E-state index in [-0.39, 0.29) is 41.9 Å². The van der Waals surface area contributed by atoms with Crippen molar-refractivity contribution in [2.45, 2.75) is 176 Å². The van der Waals surface area contributed by atoms with Crippen LogP contribution >= 0.6 is 0 Å². The molecular weight excluding hydrogens is 556 g/mol. The van der Waals surface area contributed by atoms with E-state index in [1.54, 1.807) is 0 Å². The number of unbranched alkanes of at least 4 members (excludes halogenated alkanes) is 4. The van der Waals surface area contributed by atoms with Gasteiger partial charge in [-0.05, 0) is 106 Å². The second-order valence-corrected chi connectivity index (χ2v) is 17.1. The molecule has 2 rings (SSSR count). The highest BCUT2D eigenvalue weighted by Crippen LogP contribution is 2.59. The van der Waals surface area contributed by atoms with Crippen molar-refractivity contribution in [1.29, 1.82) is 0 Å². The Morgan fingerprint density at radius 2 is 0.932 bits per heavy atom. The zero-order valence-corrected chi connectivity index (χ0v) is 30.0. The monoisotopic (exact) mass is 620 g/mol. The number of nitrogens with zero attached hydrogens (tertiary/aromatic N) is 2. The van der Waals surface area contributed by atoms with E-state index < -0.39 is 39.5 Å². The van der Waals surface area contributed by atoms with E-state index in [0.717, 1.165) is 25.7 Å². The van der Waals surface area contributed by atoms with Crippen molar-refractivity contribution < 1.29 is 29.4 Å². The maximum absolute atomic E-state index is 13.9. The molecule has 2 fully saturated rings. The Hall–Kier alpha value is -2.12. The van der Waals surface area contributed by atoms with Gasteiger partial charge in [-0.1, -0.05) is 53.4 Å². The molecule has 2 aliphatic heterocycles. The normalized spacial score (nSPS) is 22.0. The molecule has 2 aliphatic rings. The number of amides is 2. The van der Waals surface area contributed by atoms with Crippen molar-refractivity contribution in [1.82, 2.24) is 9.80 Å². The van der Waals surface area contributed by atoms with Gasteiger partial charge in [-0.2, -0.15) is 0 Å². The number of hydrogen-bond donors (Lipinski definition) is 2. The number of rotatable bonds is 13. The molecule has 8 heteroatoms. The first-order valence-electron chi connectivity index (χ1n) is 17.1. The van der Waals surface area contributed by atoms with Crippen LogP contribution in [0, 0.1) is 29.1 Å². The van der Waals surface area contributed by atoms with Crippen molar-refractivity contribution in [3.05, 3.63) is 0 Å². The molecule has 0 aromatic carbocycles. The topological polar surface area (TPSA) is 115 Å². The van der Waals surface area contributed by atoms with Gasteiger partial charge in [0.1, 0.15) is 0 Å². The van der Waals surface area contributed by atoms with E-state index in [9.17, 15) is 24.3 Å². The first-order valence-corrected chi connectivity index (χ1v) is 17.1. The minimum absolute atomic E-state index is 0.100. The van der Waals surface area contributed by atoms with Crippen LogP contribution in [0.25, 0.3) is 0 Å². The molecule has 0 unspecified atom stereocenters. The second kappa shape index (κ2) is 13.7. The van der Waals surface area contributed by atoms with Crippen molar-refractivity contribution in [2.24, 2.45) is 29.1 Å². The molecule has 0 saturated carbocycles. The van der Waals surface area contributed by atoms with E-state index in [1.165, 1.54) is 0 Å². The third-order valence-electron chi connectivity index (χ3n) is 10.7. The number of aliphatic carboxylic acids is 2. The minimum Gasteiger partial charge on any atom is -0.481 e. The number of likely N-dealkylation sites (tertiary alicyclic amines) is 2. The molecule has 0 radical (unpaired) electrons. The maximum Gasteiger partial charge on any atom is 0.310 e. The van der Waals surface area contributed by atoms with Gasteiger partial charge in [-0.25, -0.2) is 0 Å². The summed E-state index contributed by atoms with van der Waals surface area (Å²) in [4.78, 5) is 56.0. The van der Waals surface area contributed by atoms with Gasteiger partial charge >= 0.3 is 11.9 Å². The Morgan fingerprint density at radius 1 is 0.614 bits per heavy atom. The fraction of sp³-hybridized carbons (Fsp3) is 0.889. The molecule has 0 aromatic rings. The van der Waals surface area contributed by atoms with Gasteiger partial charge in [0.05, 0.1) is 5.41 Å². The lowest BCUT2D eigenvalue weighted by Gasteiger charge is -2.63. The second-order valence-electron chi connectivity index (χ2n) is 17.1. The van der Waals surface area contributed by atoms with Crippen LogP contribution in [0.4, 0.5) is 0 Å². The minimum atomic E-state index is -1.02. The summed E-state index contributed by atoms with van der Waals surface area (Å²) in [6.45, 7) is 24.4. The lowest BCUT2D eigenvalue weighted by atomic mass is 9.52. The highest BCUT2D eigenvalue weighted by Gasteiger charge is 2.62. The first kappa shape index (κ1) is 38.1. The summed E-state index contributed by atoms with van der Waals surface area (Å²) in [6.07, 6.45) is 7.03. The lowest BCUT2D eigenvalue weighted by molar-refractivity contribution is -0.184. The molecule has 2 saturated heterocycles. The number of carboxylic acid groups (broad SMARTS) is 2. The predicted molar refractivity (Wildman–Crippen MR) is 175 cm³/mol. The van der Waals surface area contributed by atoms with Crippen LogP contribution in [0.5, 0.6) is 0 Å². The fourth-order valence-corrected chi connectivity index (χ4v) is 9.42. The zero-order chi connectivity index (χ0) is 34.1. The van der Waals surface area contributed by atoms with E-state index in [1.807, 2.05) is 37.5 Å². The van der Waals surface area contributed by atoms with Crippen LogP contribution in [0.1, 0.15) is 154 Å². The summed E-state index contributed by atoms with van der Waals surface area (Å²) in [5, 5.41) is 20.4. The average molecular weight is 621 g/mol. The van der Waals surface area contributed by atoms with Crippen molar-refractivity contribution in [3.8, 4) is 0 Å². The van der Waals surface area contributed by atoms with Crippen LogP contribution in [0.3, 0.4) is 0 Å². The molecule has 0 spiro atoms. The van der Waals surface area contributed by atoms with Crippen LogP contribution in [-0.4, -0.2) is 65.9 Å². The molecule has 0 atom stereocenters. The average Bonchev–Trinajstić information content (AvgIpc) is 2.81. The van der Waals surface area contributed by atoms with Gasteiger partial charge < -0.3 is 20.0 Å². The molecule has 254 valence electrons. The quantitative estimate of drug-likeness (QED) is 0.203. The van der Waals surface area contributed by atoms with Gasteiger partial charge in [0.25, 0.3) is 0 Å². The summed E-state index contributed by atoms with van der Waals surface area (Å²) >= 11 is 0. The Kier molecular flexibility index (Phi) is 11.9. The van der Waals surface area contributed by atoms with Crippen LogP contribution < -0.4 is 0 Å². The van der Waals surface area contributed by atoms with Gasteiger partial charge in [0, 0.05) is 40.4 Å². The van der Waals surface area contributed by atoms with Gasteiger partial charge in [0.15, 0.2) is 0 Å². The Bertz CT molecular complexity index is 961. The van der Waals surface area contributed by atoms with E-state index >= 15 is 0 Å². The molecule has 8 nitrogen and oxygen atoms in total. The third kappa shape index (κ3) is 7.99. The number of piperidine rings is 2. The first-order chi connectivity index (χ1) is 19.9. The molecule has 2 heterocycles. The van der Waals surface area contributed by atoms with E-state index in [0.29, 0.717) is 38.5 Å². The molecule has 2 amide bonds. The van der Waals surface area contributed by atoms with Gasteiger partial charge in [0.2, 0.25) is 11.8 Å². The van der Waals surface area contributed by atoms with Crippen molar-refractivity contribution in [2.75, 3.05) is 0 Å².